The summed E-state index contributed by atoms with van der Waals surface area (Å²) in [5.41, 5.74) is 0. The summed E-state index contributed by atoms with van der Waals surface area (Å²) in [5.74, 6) is -1.17. The van der Waals surface area contributed by atoms with Gasteiger partial charge in [0.25, 0.3) is 0 Å². The van der Waals surface area contributed by atoms with Crippen molar-refractivity contribution in [1.29, 1.82) is 0 Å². The van der Waals surface area contributed by atoms with Crippen molar-refractivity contribution in [1.82, 2.24) is 13.5 Å². The third-order valence-electron chi connectivity index (χ3n) is 6.12. The minimum Gasteiger partial charge on any atom is -0.340 e. The van der Waals surface area contributed by atoms with Crippen LogP contribution < -0.4 is 0 Å². The average molecular weight is 496 g/mol. The molecule has 0 spiro atoms. The first-order valence-electron chi connectivity index (χ1n) is 10.8. The number of rotatable bonds is 5. The number of piperazine rings is 1. The number of sulfonamides is 2. The van der Waals surface area contributed by atoms with Gasteiger partial charge in [0.05, 0.1) is 15.7 Å². The molecule has 1 amide bonds. The van der Waals surface area contributed by atoms with Crippen LogP contribution in [0.3, 0.4) is 0 Å². The molecule has 2 aromatic carbocycles. The van der Waals surface area contributed by atoms with Gasteiger partial charge in [-0.15, -0.1) is 0 Å². The Labute approximate surface area is 193 Å². The fourth-order valence-electron chi connectivity index (χ4n) is 4.27. The number of hydrogen-bond acceptors (Lipinski definition) is 5. The van der Waals surface area contributed by atoms with Gasteiger partial charge in [0.15, 0.2) is 0 Å². The largest absolute Gasteiger partial charge is 0.340 e. The molecule has 0 saturated carbocycles. The fourth-order valence-corrected chi connectivity index (χ4v) is 7.23. The number of piperidine rings is 1. The second kappa shape index (κ2) is 9.49. The summed E-state index contributed by atoms with van der Waals surface area (Å²) < 4.78 is 67.3. The molecule has 33 heavy (non-hydrogen) atoms. The van der Waals surface area contributed by atoms with E-state index in [9.17, 15) is 26.0 Å². The first kappa shape index (κ1) is 23.8. The van der Waals surface area contributed by atoms with Gasteiger partial charge in [-0.1, -0.05) is 18.2 Å². The molecular weight excluding hydrogens is 469 g/mol. The van der Waals surface area contributed by atoms with Gasteiger partial charge >= 0.3 is 0 Å². The third kappa shape index (κ3) is 4.96. The van der Waals surface area contributed by atoms with Gasteiger partial charge in [0.2, 0.25) is 26.0 Å². The van der Waals surface area contributed by atoms with Crippen LogP contribution in [0.4, 0.5) is 4.39 Å². The second-order valence-electron chi connectivity index (χ2n) is 8.20. The van der Waals surface area contributed by atoms with Crippen molar-refractivity contribution < 1.29 is 26.0 Å². The van der Waals surface area contributed by atoms with E-state index in [-0.39, 0.29) is 48.4 Å². The molecule has 8 nitrogen and oxygen atoms in total. The molecule has 2 saturated heterocycles. The number of carbonyl (C=O) groups is 1. The molecule has 0 aromatic heterocycles. The van der Waals surface area contributed by atoms with E-state index in [2.05, 4.69) is 0 Å². The van der Waals surface area contributed by atoms with Crippen LogP contribution in [0.1, 0.15) is 12.8 Å². The lowest BCUT2D eigenvalue weighted by Crippen LogP contribution is -2.54. The summed E-state index contributed by atoms with van der Waals surface area (Å²) in [7, 11) is -7.44. The highest BCUT2D eigenvalue weighted by molar-refractivity contribution is 7.89. The average Bonchev–Trinajstić information content (AvgIpc) is 2.84. The van der Waals surface area contributed by atoms with Crippen molar-refractivity contribution in [3.63, 3.8) is 0 Å². The second-order valence-corrected chi connectivity index (χ2v) is 12.1. The maximum atomic E-state index is 13.2. The van der Waals surface area contributed by atoms with Crippen LogP contribution >= 0.6 is 0 Å². The smallest absolute Gasteiger partial charge is 0.243 e. The number of halogens is 1. The molecular formula is C22H26FN3O5S2. The summed E-state index contributed by atoms with van der Waals surface area (Å²) in [4.78, 5) is 15.0. The number of nitrogens with zero attached hydrogens (tertiary/aromatic N) is 3. The van der Waals surface area contributed by atoms with E-state index >= 15 is 0 Å². The van der Waals surface area contributed by atoms with Gasteiger partial charge in [0, 0.05) is 39.3 Å². The first-order chi connectivity index (χ1) is 15.7. The molecule has 178 valence electrons. The standard InChI is InChI=1S/C22H26FN3O5S2/c23-19-8-10-21(11-9-19)33(30,31)26-12-4-5-18(17-26)22(27)24-13-15-25(16-14-24)32(28,29)20-6-2-1-3-7-20/h1-3,6-11,18H,4-5,12-17H2. The molecule has 1 atom stereocenters. The van der Waals surface area contributed by atoms with Crippen LogP contribution in [0.2, 0.25) is 0 Å². The van der Waals surface area contributed by atoms with E-state index in [1.165, 1.54) is 20.7 Å². The summed E-state index contributed by atoms with van der Waals surface area (Å²) in [5, 5.41) is 0. The number of carbonyl (C=O) groups excluding carboxylic acids is 1. The lowest BCUT2D eigenvalue weighted by molar-refractivity contribution is -0.137. The molecule has 0 aliphatic carbocycles. The monoisotopic (exact) mass is 495 g/mol. The minimum atomic E-state index is -3.83. The predicted molar refractivity (Wildman–Crippen MR) is 120 cm³/mol. The van der Waals surface area contributed by atoms with Crippen molar-refractivity contribution >= 4 is 26.0 Å². The molecule has 0 radical (unpaired) electrons. The first-order valence-corrected chi connectivity index (χ1v) is 13.7. The normalized spacial score (nSPS) is 21.1. The lowest BCUT2D eigenvalue weighted by Gasteiger charge is -2.38. The summed E-state index contributed by atoms with van der Waals surface area (Å²) in [6.07, 6.45) is 1.11. The summed E-state index contributed by atoms with van der Waals surface area (Å²) >= 11 is 0. The molecule has 11 heteroatoms. The van der Waals surface area contributed by atoms with Gasteiger partial charge < -0.3 is 4.90 Å². The maximum Gasteiger partial charge on any atom is 0.243 e. The third-order valence-corrected chi connectivity index (χ3v) is 9.91. The Hall–Kier alpha value is -2.34. The Bertz CT molecular complexity index is 1200. The van der Waals surface area contributed by atoms with E-state index in [0.717, 1.165) is 12.1 Å². The highest BCUT2D eigenvalue weighted by Crippen LogP contribution is 2.26. The maximum absolute atomic E-state index is 13.2. The van der Waals surface area contributed by atoms with E-state index in [1.54, 1.807) is 35.2 Å². The van der Waals surface area contributed by atoms with Crippen molar-refractivity contribution in [3.8, 4) is 0 Å². The Morgan fingerprint density at radius 2 is 1.33 bits per heavy atom. The van der Waals surface area contributed by atoms with Crippen molar-refractivity contribution in [3.05, 3.63) is 60.4 Å². The summed E-state index contributed by atoms with van der Waals surface area (Å²) in [6.45, 7) is 1.24. The van der Waals surface area contributed by atoms with E-state index < -0.39 is 31.8 Å². The zero-order chi connectivity index (χ0) is 23.6. The van der Waals surface area contributed by atoms with Crippen LogP contribution in [0, 0.1) is 11.7 Å². The molecule has 2 aromatic rings. The highest BCUT2D eigenvalue weighted by atomic mass is 32.2. The predicted octanol–water partition coefficient (Wildman–Crippen LogP) is 1.76. The van der Waals surface area contributed by atoms with Gasteiger partial charge in [-0.2, -0.15) is 8.61 Å². The molecule has 4 rings (SSSR count). The van der Waals surface area contributed by atoms with Crippen LogP contribution in [0.5, 0.6) is 0 Å². The van der Waals surface area contributed by atoms with E-state index in [0.29, 0.717) is 19.4 Å². The Morgan fingerprint density at radius 1 is 0.758 bits per heavy atom. The molecule has 2 fully saturated rings. The van der Waals surface area contributed by atoms with Crippen molar-refractivity contribution in [2.45, 2.75) is 22.6 Å². The number of hydrogen-bond donors (Lipinski definition) is 0. The summed E-state index contributed by atoms with van der Waals surface area (Å²) in [6, 6.07) is 12.8. The molecule has 2 aliphatic heterocycles. The van der Waals surface area contributed by atoms with Crippen LogP contribution in [-0.4, -0.2) is 75.5 Å². The van der Waals surface area contributed by atoms with E-state index in [4.69, 9.17) is 0 Å². The SMILES string of the molecule is O=C(C1CCCN(S(=O)(=O)c2ccc(F)cc2)C1)N1CCN(S(=O)(=O)c2ccccc2)CC1. The molecule has 1 unspecified atom stereocenters. The molecule has 2 heterocycles. The molecule has 0 bridgehead atoms. The fraction of sp³-hybridized carbons (Fsp3) is 0.409. The Balaban J connectivity index is 1.39. The number of benzene rings is 2. The van der Waals surface area contributed by atoms with Crippen molar-refractivity contribution in [2.75, 3.05) is 39.3 Å². The zero-order valence-corrected chi connectivity index (χ0v) is 19.6. The van der Waals surface area contributed by atoms with Gasteiger partial charge in [-0.05, 0) is 49.2 Å². The van der Waals surface area contributed by atoms with Crippen LogP contribution in [0.15, 0.2) is 64.4 Å². The van der Waals surface area contributed by atoms with Gasteiger partial charge in [0.1, 0.15) is 5.82 Å². The van der Waals surface area contributed by atoms with Crippen molar-refractivity contribution in [2.24, 2.45) is 5.92 Å². The quantitative estimate of drug-likeness (QED) is 0.630. The van der Waals surface area contributed by atoms with Crippen LogP contribution in [-0.2, 0) is 24.8 Å². The zero-order valence-electron chi connectivity index (χ0n) is 18.0. The topological polar surface area (TPSA) is 95.1 Å². The molecule has 2 aliphatic rings. The minimum absolute atomic E-state index is 0.00303. The Kier molecular flexibility index (Phi) is 6.85. The lowest BCUT2D eigenvalue weighted by atomic mass is 9.98. The Morgan fingerprint density at radius 3 is 1.97 bits per heavy atom. The number of amides is 1. The van der Waals surface area contributed by atoms with Gasteiger partial charge in [-0.3, -0.25) is 4.79 Å². The van der Waals surface area contributed by atoms with Gasteiger partial charge in [-0.25, -0.2) is 21.2 Å². The highest BCUT2D eigenvalue weighted by Gasteiger charge is 2.37. The van der Waals surface area contributed by atoms with E-state index in [1.807, 2.05) is 0 Å². The van der Waals surface area contributed by atoms with Crippen LogP contribution in [0.25, 0.3) is 0 Å². The molecule has 0 N–H and O–H groups in total.